The molecule has 1 saturated heterocycles. The van der Waals surface area contributed by atoms with E-state index in [1.165, 1.54) is 12.1 Å². The summed E-state index contributed by atoms with van der Waals surface area (Å²) in [5.41, 5.74) is 5.88. The molecular formula is C14H18BrFN2O2. The SMILES string of the molecule is Nc1cc(C(=O)N2CCCCC2CCO)c(Br)cc1F. The molecule has 1 unspecified atom stereocenters. The van der Waals surface area contributed by atoms with E-state index in [2.05, 4.69) is 15.9 Å². The third-order valence-corrected chi connectivity index (χ3v) is 4.32. The van der Waals surface area contributed by atoms with E-state index in [9.17, 15) is 9.18 Å². The molecule has 110 valence electrons. The van der Waals surface area contributed by atoms with Gasteiger partial charge in [-0.2, -0.15) is 0 Å². The van der Waals surface area contributed by atoms with E-state index >= 15 is 0 Å². The fourth-order valence-corrected chi connectivity index (χ4v) is 3.09. The molecule has 1 aromatic carbocycles. The highest BCUT2D eigenvalue weighted by Gasteiger charge is 2.28. The standard InChI is InChI=1S/C14H18BrFN2O2/c15-11-8-12(16)13(17)7-10(11)14(20)18-5-2-1-3-9(18)4-6-19/h7-9,19H,1-6,17H2. The second-order valence-electron chi connectivity index (χ2n) is 5.01. The van der Waals surface area contributed by atoms with E-state index in [1.54, 1.807) is 4.90 Å². The maximum Gasteiger partial charge on any atom is 0.255 e. The molecule has 1 amide bonds. The maximum atomic E-state index is 13.3. The number of aliphatic hydroxyl groups excluding tert-OH is 1. The number of hydrogen-bond donors (Lipinski definition) is 2. The van der Waals surface area contributed by atoms with Crippen molar-refractivity contribution in [2.24, 2.45) is 0 Å². The Hall–Kier alpha value is -1.14. The largest absolute Gasteiger partial charge is 0.396 e. The van der Waals surface area contributed by atoms with Crippen molar-refractivity contribution < 1.29 is 14.3 Å². The van der Waals surface area contributed by atoms with Crippen LogP contribution < -0.4 is 5.73 Å². The summed E-state index contributed by atoms with van der Waals surface area (Å²) >= 11 is 3.21. The highest BCUT2D eigenvalue weighted by molar-refractivity contribution is 9.10. The van der Waals surface area contributed by atoms with Gasteiger partial charge in [-0.05, 0) is 53.7 Å². The van der Waals surface area contributed by atoms with Gasteiger partial charge in [0.25, 0.3) is 5.91 Å². The van der Waals surface area contributed by atoms with E-state index in [1.807, 2.05) is 0 Å². The van der Waals surface area contributed by atoms with Crippen molar-refractivity contribution in [3.8, 4) is 0 Å². The number of aliphatic hydroxyl groups is 1. The van der Waals surface area contributed by atoms with Crippen molar-refractivity contribution >= 4 is 27.5 Å². The molecule has 1 aliphatic heterocycles. The lowest BCUT2D eigenvalue weighted by Crippen LogP contribution is -2.44. The van der Waals surface area contributed by atoms with Gasteiger partial charge < -0.3 is 15.7 Å². The second kappa shape index (κ2) is 6.54. The van der Waals surface area contributed by atoms with Crippen LogP contribution in [0.2, 0.25) is 0 Å². The molecule has 3 N–H and O–H groups in total. The minimum absolute atomic E-state index is 0.0349. The van der Waals surface area contributed by atoms with Crippen molar-refractivity contribution in [3.05, 3.63) is 28.0 Å². The third kappa shape index (κ3) is 3.12. The summed E-state index contributed by atoms with van der Waals surface area (Å²) < 4.78 is 13.8. The number of halogens is 2. The number of carbonyl (C=O) groups excluding carboxylic acids is 1. The van der Waals surface area contributed by atoms with Crippen molar-refractivity contribution in [2.75, 3.05) is 18.9 Å². The molecular weight excluding hydrogens is 327 g/mol. The molecule has 0 spiro atoms. The number of hydrogen-bond acceptors (Lipinski definition) is 3. The quantitative estimate of drug-likeness (QED) is 0.828. The van der Waals surface area contributed by atoms with Crippen LogP contribution in [0.3, 0.4) is 0 Å². The van der Waals surface area contributed by atoms with Crippen LogP contribution in [-0.2, 0) is 0 Å². The molecule has 2 rings (SSSR count). The van der Waals surface area contributed by atoms with Gasteiger partial charge in [0.1, 0.15) is 5.82 Å². The second-order valence-corrected chi connectivity index (χ2v) is 5.87. The zero-order chi connectivity index (χ0) is 14.7. The topological polar surface area (TPSA) is 66.6 Å². The van der Waals surface area contributed by atoms with Crippen molar-refractivity contribution in [2.45, 2.75) is 31.7 Å². The minimum atomic E-state index is -0.543. The molecule has 0 bridgehead atoms. The Kier molecular flexibility index (Phi) is 4.99. The average Bonchev–Trinajstić information content (AvgIpc) is 2.43. The van der Waals surface area contributed by atoms with E-state index < -0.39 is 5.82 Å². The third-order valence-electron chi connectivity index (χ3n) is 3.67. The fourth-order valence-electron chi connectivity index (χ4n) is 2.60. The van der Waals surface area contributed by atoms with Gasteiger partial charge in [0.2, 0.25) is 0 Å². The average molecular weight is 345 g/mol. The number of likely N-dealkylation sites (tertiary alicyclic amines) is 1. The number of carbonyl (C=O) groups is 1. The molecule has 4 nitrogen and oxygen atoms in total. The monoisotopic (exact) mass is 344 g/mol. The summed E-state index contributed by atoms with van der Waals surface area (Å²) in [6, 6.07) is 2.62. The van der Waals surface area contributed by atoms with Crippen LogP contribution in [0.25, 0.3) is 0 Å². The van der Waals surface area contributed by atoms with Gasteiger partial charge in [0.15, 0.2) is 0 Å². The predicted octanol–water partition coefficient (Wildman–Crippen LogP) is 2.55. The van der Waals surface area contributed by atoms with Gasteiger partial charge in [0, 0.05) is 23.7 Å². The van der Waals surface area contributed by atoms with Crippen LogP contribution >= 0.6 is 15.9 Å². The first-order valence-corrected chi connectivity index (χ1v) is 7.50. The first kappa shape index (κ1) is 15.3. The lowest BCUT2D eigenvalue weighted by molar-refractivity contribution is 0.0573. The van der Waals surface area contributed by atoms with Gasteiger partial charge in [-0.1, -0.05) is 0 Å². The summed E-state index contributed by atoms with van der Waals surface area (Å²) in [6.45, 7) is 0.717. The Morgan fingerprint density at radius 2 is 2.25 bits per heavy atom. The van der Waals surface area contributed by atoms with Crippen LogP contribution in [-0.4, -0.2) is 35.1 Å². The summed E-state index contributed by atoms with van der Waals surface area (Å²) in [4.78, 5) is 14.4. The van der Waals surface area contributed by atoms with E-state index in [0.717, 1.165) is 19.3 Å². The smallest absolute Gasteiger partial charge is 0.255 e. The molecule has 1 aliphatic rings. The number of piperidine rings is 1. The number of amides is 1. The molecule has 0 aromatic heterocycles. The van der Waals surface area contributed by atoms with Crippen LogP contribution in [0.15, 0.2) is 16.6 Å². The molecule has 6 heteroatoms. The number of rotatable bonds is 3. The van der Waals surface area contributed by atoms with Gasteiger partial charge in [-0.25, -0.2) is 4.39 Å². The Morgan fingerprint density at radius 3 is 2.95 bits per heavy atom. The van der Waals surface area contributed by atoms with Crippen molar-refractivity contribution in [1.29, 1.82) is 0 Å². The van der Waals surface area contributed by atoms with Gasteiger partial charge >= 0.3 is 0 Å². The normalized spacial score (nSPS) is 19.1. The molecule has 1 fully saturated rings. The number of anilines is 1. The first-order valence-electron chi connectivity index (χ1n) is 6.71. The Balaban J connectivity index is 2.27. The van der Waals surface area contributed by atoms with E-state index in [0.29, 0.717) is 23.0 Å². The van der Waals surface area contributed by atoms with Gasteiger partial charge in [-0.3, -0.25) is 4.79 Å². The number of nitrogen functional groups attached to an aromatic ring is 1. The van der Waals surface area contributed by atoms with Crippen LogP contribution in [0.4, 0.5) is 10.1 Å². The Morgan fingerprint density at radius 1 is 1.50 bits per heavy atom. The molecule has 20 heavy (non-hydrogen) atoms. The lowest BCUT2D eigenvalue weighted by Gasteiger charge is -2.35. The molecule has 1 aromatic rings. The van der Waals surface area contributed by atoms with Crippen LogP contribution in [0.1, 0.15) is 36.0 Å². The molecule has 0 radical (unpaired) electrons. The summed E-state index contributed by atoms with van der Waals surface area (Å²) in [5, 5.41) is 9.11. The Bertz CT molecular complexity index is 508. The number of benzene rings is 1. The number of nitrogens with zero attached hydrogens (tertiary/aromatic N) is 1. The molecule has 0 saturated carbocycles. The lowest BCUT2D eigenvalue weighted by atomic mass is 9.98. The fraction of sp³-hybridized carbons (Fsp3) is 0.500. The van der Waals surface area contributed by atoms with Gasteiger partial charge in [0.05, 0.1) is 11.3 Å². The van der Waals surface area contributed by atoms with Crippen LogP contribution in [0.5, 0.6) is 0 Å². The zero-order valence-electron chi connectivity index (χ0n) is 11.1. The summed E-state index contributed by atoms with van der Waals surface area (Å²) in [5.74, 6) is -0.708. The summed E-state index contributed by atoms with van der Waals surface area (Å²) in [7, 11) is 0. The molecule has 0 aliphatic carbocycles. The predicted molar refractivity (Wildman–Crippen MR) is 78.9 cm³/mol. The highest BCUT2D eigenvalue weighted by atomic mass is 79.9. The number of nitrogens with two attached hydrogens (primary N) is 1. The van der Waals surface area contributed by atoms with Gasteiger partial charge in [-0.15, -0.1) is 0 Å². The van der Waals surface area contributed by atoms with Crippen molar-refractivity contribution in [1.82, 2.24) is 4.90 Å². The van der Waals surface area contributed by atoms with E-state index in [4.69, 9.17) is 10.8 Å². The minimum Gasteiger partial charge on any atom is -0.396 e. The molecule has 1 heterocycles. The van der Waals surface area contributed by atoms with E-state index in [-0.39, 0.29) is 24.2 Å². The van der Waals surface area contributed by atoms with Crippen molar-refractivity contribution in [3.63, 3.8) is 0 Å². The maximum absolute atomic E-state index is 13.3. The summed E-state index contributed by atoms with van der Waals surface area (Å²) in [6.07, 6.45) is 3.46. The first-order chi connectivity index (χ1) is 9.54. The zero-order valence-corrected chi connectivity index (χ0v) is 12.7. The Labute approximate surface area is 125 Å². The van der Waals surface area contributed by atoms with Crippen LogP contribution in [0, 0.1) is 5.82 Å². The highest BCUT2D eigenvalue weighted by Crippen LogP contribution is 2.27. The molecule has 1 atom stereocenters.